The van der Waals surface area contributed by atoms with Crippen LogP contribution < -0.4 is 5.32 Å². The van der Waals surface area contributed by atoms with Gasteiger partial charge in [0.05, 0.1) is 0 Å². The molecule has 0 aliphatic carbocycles. The summed E-state index contributed by atoms with van der Waals surface area (Å²) in [7, 11) is 3.71. The van der Waals surface area contributed by atoms with E-state index in [1.165, 1.54) is 0 Å². The van der Waals surface area contributed by atoms with E-state index in [4.69, 9.17) is 0 Å². The van der Waals surface area contributed by atoms with Crippen molar-refractivity contribution < 1.29 is 0 Å². The van der Waals surface area contributed by atoms with Crippen molar-refractivity contribution in [3.8, 4) is 0 Å². The molecule has 0 radical (unpaired) electrons. The van der Waals surface area contributed by atoms with Gasteiger partial charge in [-0.25, -0.2) is 0 Å². The largest absolute Gasteiger partial charge is 0.356 e. The van der Waals surface area contributed by atoms with Gasteiger partial charge < -0.3 is 5.32 Å². The molecular formula is C8H18N4. The highest BCUT2D eigenvalue weighted by Gasteiger charge is 2.00. The third-order valence-corrected chi connectivity index (χ3v) is 1.39. The quantitative estimate of drug-likeness (QED) is 0.730. The van der Waals surface area contributed by atoms with Gasteiger partial charge in [-0.2, -0.15) is 4.98 Å². The average Bonchev–Trinajstić information content (AvgIpc) is 2.49. The van der Waals surface area contributed by atoms with Gasteiger partial charge in [0.1, 0.15) is 5.82 Å². The van der Waals surface area contributed by atoms with Gasteiger partial charge in [-0.3, -0.25) is 4.68 Å². The molecule has 12 heavy (non-hydrogen) atoms. The highest BCUT2D eigenvalue weighted by atomic mass is 15.4. The molecule has 0 saturated heterocycles. The van der Waals surface area contributed by atoms with Gasteiger partial charge in [0.2, 0.25) is 5.95 Å². The number of aryl methyl sites for hydroxylation is 2. The normalized spacial score (nSPS) is 8.75. The third kappa shape index (κ3) is 2.53. The van der Waals surface area contributed by atoms with Gasteiger partial charge in [-0.1, -0.05) is 20.8 Å². The highest BCUT2D eigenvalue weighted by molar-refractivity contribution is 5.21. The first-order chi connectivity index (χ1) is 5.77. The molecule has 0 aromatic carbocycles. The molecule has 0 aliphatic rings. The predicted molar refractivity (Wildman–Crippen MR) is 51.3 cm³/mol. The van der Waals surface area contributed by atoms with Gasteiger partial charge in [0.25, 0.3) is 0 Å². The lowest BCUT2D eigenvalue weighted by Gasteiger charge is -1.89. The molecule has 0 fully saturated rings. The molecule has 4 nitrogen and oxygen atoms in total. The van der Waals surface area contributed by atoms with Crippen LogP contribution in [0.15, 0.2) is 0 Å². The van der Waals surface area contributed by atoms with Gasteiger partial charge in [0, 0.05) is 20.5 Å². The van der Waals surface area contributed by atoms with E-state index in [2.05, 4.69) is 22.3 Å². The Hall–Kier alpha value is -1.06. The van der Waals surface area contributed by atoms with Crippen molar-refractivity contribution in [3.63, 3.8) is 0 Å². The Labute approximate surface area is 74.0 Å². The molecule has 1 aromatic rings. The van der Waals surface area contributed by atoms with Gasteiger partial charge in [0.15, 0.2) is 0 Å². The lowest BCUT2D eigenvalue weighted by Crippen LogP contribution is -1.96. The van der Waals surface area contributed by atoms with Gasteiger partial charge >= 0.3 is 0 Å². The minimum atomic E-state index is 0.694. The number of aromatic nitrogens is 3. The molecule has 0 atom stereocenters. The van der Waals surface area contributed by atoms with Crippen LogP contribution in [0.2, 0.25) is 0 Å². The van der Waals surface area contributed by atoms with Crippen LogP contribution in [0.4, 0.5) is 5.95 Å². The number of hydrogen-bond acceptors (Lipinski definition) is 3. The summed E-state index contributed by atoms with van der Waals surface area (Å²) in [4.78, 5) is 4.19. The maximum atomic E-state index is 4.19. The lowest BCUT2D eigenvalue weighted by atomic mass is 10.5. The van der Waals surface area contributed by atoms with E-state index in [9.17, 15) is 0 Å². The van der Waals surface area contributed by atoms with E-state index in [1.54, 1.807) is 4.68 Å². The topological polar surface area (TPSA) is 42.7 Å². The highest BCUT2D eigenvalue weighted by Crippen LogP contribution is 1.99. The molecule has 0 unspecified atom stereocenters. The molecule has 1 heterocycles. The molecule has 1 rings (SSSR count). The second kappa shape index (κ2) is 5.57. The summed E-state index contributed by atoms with van der Waals surface area (Å²) < 4.78 is 1.78. The number of nitrogens with zero attached hydrogens (tertiary/aromatic N) is 3. The van der Waals surface area contributed by atoms with E-state index in [0.717, 1.165) is 12.2 Å². The fraction of sp³-hybridized carbons (Fsp3) is 0.750. The third-order valence-electron chi connectivity index (χ3n) is 1.39. The first-order valence-electron chi connectivity index (χ1n) is 4.35. The molecule has 4 heteroatoms. The van der Waals surface area contributed by atoms with Crippen molar-refractivity contribution in [1.29, 1.82) is 0 Å². The minimum Gasteiger partial charge on any atom is -0.356 e. The smallest absolute Gasteiger partial charge is 0.242 e. The summed E-state index contributed by atoms with van der Waals surface area (Å²) >= 11 is 0. The van der Waals surface area contributed by atoms with E-state index < -0.39 is 0 Å². The maximum absolute atomic E-state index is 4.19. The number of hydrogen-bond donors (Lipinski definition) is 1. The summed E-state index contributed by atoms with van der Waals surface area (Å²) in [5, 5.41) is 6.97. The zero-order valence-corrected chi connectivity index (χ0v) is 8.55. The molecule has 0 amide bonds. The van der Waals surface area contributed by atoms with Crippen LogP contribution in [-0.2, 0) is 13.5 Å². The fourth-order valence-electron chi connectivity index (χ4n) is 0.831. The van der Waals surface area contributed by atoms with Crippen LogP contribution in [0.25, 0.3) is 0 Å². The second-order valence-electron chi connectivity index (χ2n) is 2.08. The fourth-order valence-corrected chi connectivity index (χ4v) is 0.831. The molecular weight excluding hydrogens is 152 g/mol. The van der Waals surface area contributed by atoms with Crippen molar-refractivity contribution >= 4 is 5.95 Å². The predicted octanol–water partition coefficient (Wildman–Crippen LogP) is 1.45. The van der Waals surface area contributed by atoms with Gasteiger partial charge in [-0.15, -0.1) is 5.10 Å². The summed E-state index contributed by atoms with van der Waals surface area (Å²) in [5.41, 5.74) is 0. The number of anilines is 1. The van der Waals surface area contributed by atoms with Crippen molar-refractivity contribution in [2.75, 3.05) is 12.4 Å². The zero-order valence-electron chi connectivity index (χ0n) is 8.55. The molecule has 70 valence electrons. The minimum absolute atomic E-state index is 0.694. The number of nitrogens with one attached hydrogen (secondary N) is 1. The van der Waals surface area contributed by atoms with E-state index in [-0.39, 0.29) is 0 Å². The molecule has 0 spiro atoms. The monoisotopic (exact) mass is 170 g/mol. The summed E-state index contributed by atoms with van der Waals surface area (Å²) in [6.45, 7) is 6.06. The molecule has 0 bridgehead atoms. The summed E-state index contributed by atoms with van der Waals surface area (Å²) in [5.74, 6) is 1.70. The van der Waals surface area contributed by atoms with Crippen LogP contribution in [0.5, 0.6) is 0 Å². The van der Waals surface area contributed by atoms with Crippen LogP contribution in [-0.4, -0.2) is 21.8 Å². The zero-order chi connectivity index (χ0) is 9.56. The molecule has 0 saturated carbocycles. The Morgan fingerprint density at radius 1 is 1.42 bits per heavy atom. The Bertz CT molecular complexity index is 217. The Balaban J connectivity index is 0.000000561. The standard InChI is InChI=1S/C6H12N4.C2H6/c1-4-5-8-6(7-2)9-10(5)3;1-2/h4H2,1-3H3,(H,7,9);1-2H3. The van der Waals surface area contributed by atoms with Gasteiger partial charge in [-0.05, 0) is 0 Å². The van der Waals surface area contributed by atoms with Crippen LogP contribution >= 0.6 is 0 Å². The van der Waals surface area contributed by atoms with Crippen molar-refractivity contribution in [2.45, 2.75) is 27.2 Å². The average molecular weight is 170 g/mol. The van der Waals surface area contributed by atoms with Crippen LogP contribution in [0.3, 0.4) is 0 Å². The lowest BCUT2D eigenvalue weighted by molar-refractivity contribution is 0.710. The Morgan fingerprint density at radius 2 is 2.00 bits per heavy atom. The van der Waals surface area contributed by atoms with Crippen LogP contribution in [0, 0.1) is 0 Å². The first-order valence-corrected chi connectivity index (χ1v) is 4.35. The Morgan fingerprint density at radius 3 is 2.25 bits per heavy atom. The Kier molecular flexibility index (Phi) is 5.08. The van der Waals surface area contributed by atoms with E-state index in [0.29, 0.717) is 5.95 Å². The van der Waals surface area contributed by atoms with Crippen LogP contribution in [0.1, 0.15) is 26.6 Å². The maximum Gasteiger partial charge on any atom is 0.242 e. The summed E-state index contributed by atoms with van der Waals surface area (Å²) in [6.07, 6.45) is 0.922. The number of rotatable bonds is 2. The molecule has 1 aromatic heterocycles. The van der Waals surface area contributed by atoms with E-state index in [1.807, 2.05) is 27.9 Å². The second-order valence-corrected chi connectivity index (χ2v) is 2.08. The molecule has 1 N–H and O–H groups in total. The van der Waals surface area contributed by atoms with Crippen molar-refractivity contribution in [1.82, 2.24) is 14.8 Å². The molecule has 0 aliphatic heterocycles. The SMILES string of the molecule is CC.CCc1nc(NC)nn1C. The van der Waals surface area contributed by atoms with E-state index >= 15 is 0 Å². The first kappa shape index (κ1) is 10.9. The van der Waals surface area contributed by atoms with Crippen molar-refractivity contribution in [2.24, 2.45) is 7.05 Å². The summed E-state index contributed by atoms with van der Waals surface area (Å²) in [6, 6.07) is 0. The van der Waals surface area contributed by atoms with Crippen molar-refractivity contribution in [3.05, 3.63) is 5.82 Å².